The number of carbonyl (C=O) groups excluding carboxylic acids is 1. The lowest BCUT2D eigenvalue weighted by Crippen LogP contribution is -2.27. The van der Waals surface area contributed by atoms with Crippen molar-refractivity contribution in [1.29, 1.82) is 0 Å². The van der Waals surface area contributed by atoms with Crippen LogP contribution >= 0.6 is 46.4 Å². The lowest BCUT2D eigenvalue weighted by molar-refractivity contribution is -0.115. The van der Waals surface area contributed by atoms with Crippen LogP contribution in [0.3, 0.4) is 0 Å². The summed E-state index contributed by atoms with van der Waals surface area (Å²) in [5.74, 6) is -0.243. The normalized spacial score (nSPS) is 10.5. The van der Waals surface area contributed by atoms with Crippen LogP contribution in [0.2, 0.25) is 20.1 Å². The van der Waals surface area contributed by atoms with Gasteiger partial charge in [0.25, 0.3) is 0 Å². The minimum absolute atomic E-state index is 0.113. The van der Waals surface area contributed by atoms with E-state index in [1.54, 1.807) is 6.07 Å². The molecule has 0 saturated heterocycles. The quantitative estimate of drug-likeness (QED) is 0.717. The second-order valence-corrected chi connectivity index (χ2v) is 6.12. The molecule has 0 aliphatic rings. The predicted molar refractivity (Wildman–Crippen MR) is 93.3 cm³/mol. The van der Waals surface area contributed by atoms with Gasteiger partial charge in [0.1, 0.15) is 0 Å². The van der Waals surface area contributed by atoms with E-state index < -0.39 is 0 Å². The summed E-state index contributed by atoms with van der Waals surface area (Å²) in [6.07, 6.45) is 0. The van der Waals surface area contributed by atoms with Crippen molar-refractivity contribution < 1.29 is 4.79 Å². The highest BCUT2D eigenvalue weighted by atomic mass is 35.5. The standard InChI is InChI=1S/C15H12Cl4N2O/c16-10-4-2-1-3-9(10)7-20-8-15(22)21-14-6-12(18)11(17)5-13(14)19/h1-6,20H,7-8H2,(H,21,22). The zero-order valence-corrected chi connectivity index (χ0v) is 14.3. The molecule has 0 aliphatic heterocycles. The van der Waals surface area contributed by atoms with Crippen LogP contribution in [0, 0.1) is 0 Å². The fourth-order valence-electron chi connectivity index (χ4n) is 1.77. The third-order valence-electron chi connectivity index (χ3n) is 2.84. The van der Waals surface area contributed by atoms with E-state index in [4.69, 9.17) is 46.4 Å². The molecular weight excluding hydrogens is 366 g/mol. The van der Waals surface area contributed by atoms with Crippen molar-refractivity contribution in [3.8, 4) is 0 Å². The van der Waals surface area contributed by atoms with Crippen LogP contribution in [0.1, 0.15) is 5.56 Å². The van der Waals surface area contributed by atoms with E-state index >= 15 is 0 Å². The van der Waals surface area contributed by atoms with Gasteiger partial charge in [-0.05, 0) is 23.8 Å². The molecule has 0 aliphatic carbocycles. The Labute approximate surface area is 148 Å². The van der Waals surface area contributed by atoms with Crippen molar-refractivity contribution in [1.82, 2.24) is 5.32 Å². The second kappa shape index (κ2) is 8.04. The number of nitrogens with one attached hydrogen (secondary N) is 2. The molecule has 0 unspecified atom stereocenters. The van der Waals surface area contributed by atoms with Crippen LogP contribution in [0.25, 0.3) is 0 Å². The molecule has 116 valence electrons. The lowest BCUT2D eigenvalue weighted by atomic mass is 10.2. The maximum absolute atomic E-state index is 11.9. The smallest absolute Gasteiger partial charge is 0.238 e. The van der Waals surface area contributed by atoms with Gasteiger partial charge in [-0.1, -0.05) is 64.6 Å². The van der Waals surface area contributed by atoms with Crippen LogP contribution in [0.5, 0.6) is 0 Å². The van der Waals surface area contributed by atoms with Crippen LogP contribution in [0.15, 0.2) is 36.4 Å². The summed E-state index contributed by atoms with van der Waals surface area (Å²) >= 11 is 23.8. The average molecular weight is 378 g/mol. The number of amides is 1. The van der Waals surface area contributed by atoms with E-state index in [1.165, 1.54) is 12.1 Å². The van der Waals surface area contributed by atoms with Crippen molar-refractivity contribution in [3.05, 3.63) is 62.1 Å². The third kappa shape index (κ3) is 4.77. The molecule has 3 nitrogen and oxygen atoms in total. The van der Waals surface area contributed by atoms with Crippen LogP contribution in [-0.2, 0) is 11.3 Å². The van der Waals surface area contributed by atoms with E-state index in [0.29, 0.717) is 32.3 Å². The largest absolute Gasteiger partial charge is 0.324 e. The predicted octanol–water partition coefficient (Wildman–Crippen LogP) is 5.03. The van der Waals surface area contributed by atoms with Gasteiger partial charge >= 0.3 is 0 Å². The van der Waals surface area contributed by atoms with E-state index in [9.17, 15) is 4.79 Å². The number of halogens is 4. The fraction of sp³-hybridized carbons (Fsp3) is 0.133. The summed E-state index contributed by atoms with van der Waals surface area (Å²) in [5.41, 5.74) is 1.34. The molecule has 0 spiro atoms. The summed E-state index contributed by atoms with van der Waals surface area (Å²) in [4.78, 5) is 11.9. The minimum Gasteiger partial charge on any atom is -0.324 e. The first-order chi connectivity index (χ1) is 10.5. The number of anilines is 1. The number of hydrogen-bond acceptors (Lipinski definition) is 2. The van der Waals surface area contributed by atoms with Crippen molar-refractivity contribution in [2.24, 2.45) is 0 Å². The molecule has 0 saturated carbocycles. The summed E-state index contributed by atoms with van der Waals surface area (Å²) in [6, 6.07) is 10.4. The number of rotatable bonds is 5. The molecule has 2 rings (SSSR count). The lowest BCUT2D eigenvalue weighted by Gasteiger charge is -2.10. The van der Waals surface area contributed by atoms with Gasteiger partial charge < -0.3 is 10.6 Å². The highest BCUT2D eigenvalue weighted by molar-refractivity contribution is 6.44. The zero-order valence-electron chi connectivity index (χ0n) is 11.3. The number of carbonyl (C=O) groups is 1. The van der Waals surface area contributed by atoms with Gasteiger partial charge in [-0.25, -0.2) is 0 Å². The van der Waals surface area contributed by atoms with E-state index in [-0.39, 0.29) is 12.5 Å². The highest BCUT2D eigenvalue weighted by Crippen LogP contribution is 2.32. The molecular formula is C15H12Cl4N2O. The molecule has 2 aromatic rings. The Hall–Kier alpha value is -0.970. The molecule has 0 heterocycles. The molecule has 2 aromatic carbocycles. The van der Waals surface area contributed by atoms with Crippen LogP contribution < -0.4 is 10.6 Å². The molecule has 0 radical (unpaired) electrons. The van der Waals surface area contributed by atoms with Crippen molar-refractivity contribution in [3.63, 3.8) is 0 Å². The Morgan fingerprint density at radius 2 is 1.59 bits per heavy atom. The average Bonchev–Trinajstić information content (AvgIpc) is 2.47. The van der Waals surface area contributed by atoms with Crippen molar-refractivity contribution in [2.75, 3.05) is 11.9 Å². The Morgan fingerprint density at radius 1 is 0.909 bits per heavy atom. The highest BCUT2D eigenvalue weighted by Gasteiger charge is 2.09. The first-order valence-corrected chi connectivity index (χ1v) is 7.87. The SMILES string of the molecule is O=C(CNCc1ccccc1Cl)Nc1cc(Cl)c(Cl)cc1Cl. The van der Waals surface area contributed by atoms with E-state index in [2.05, 4.69) is 10.6 Å². The Bertz CT molecular complexity index is 691. The third-order valence-corrected chi connectivity index (χ3v) is 4.25. The van der Waals surface area contributed by atoms with Gasteiger partial charge in [0.15, 0.2) is 0 Å². The molecule has 2 N–H and O–H groups in total. The molecule has 1 amide bonds. The zero-order chi connectivity index (χ0) is 16.1. The maximum Gasteiger partial charge on any atom is 0.238 e. The monoisotopic (exact) mass is 376 g/mol. The summed E-state index contributed by atoms with van der Waals surface area (Å²) < 4.78 is 0. The molecule has 0 aromatic heterocycles. The molecule has 0 atom stereocenters. The Morgan fingerprint density at radius 3 is 2.32 bits per heavy atom. The summed E-state index contributed by atoms with van der Waals surface area (Å²) in [6.45, 7) is 0.601. The Kier molecular flexibility index (Phi) is 6.36. The van der Waals surface area contributed by atoms with Gasteiger partial charge in [-0.15, -0.1) is 0 Å². The molecule has 22 heavy (non-hydrogen) atoms. The topological polar surface area (TPSA) is 41.1 Å². The first-order valence-electron chi connectivity index (χ1n) is 6.36. The number of benzene rings is 2. The van der Waals surface area contributed by atoms with Gasteiger partial charge in [0.2, 0.25) is 5.91 Å². The fourth-order valence-corrected chi connectivity index (χ4v) is 2.56. The van der Waals surface area contributed by atoms with Gasteiger partial charge in [-0.3, -0.25) is 4.79 Å². The van der Waals surface area contributed by atoms with Crippen LogP contribution in [0.4, 0.5) is 5.69 Å². The molecule has 0 bridgehead atoms. The van der Waals surface area contributed by atoms with Crippen molar-refractivity contribution in [2.45, 2.75) is 6.54 Å². The second-order valence-electron chi connectivity index (χ2n) is 4.49. The Balaban J connectivity index is 1.89. The van der Waals surface area contributed by atoms with Crippen LogP contribution in [-0.4, -0.2) is 12.5 Å². The van der Waals surface area contributed by atoms with Crippen molar-refractivity contribution >= 4 is 58.0 Å². The first kappa shape index (κ1) is 17.4. The van der Waals surface area contributed by atoms with Gasteiger partial charge in [0.05, 0.1) is 27.3 Å². The maximum atomic E-state index is 11.9. The van der Waals surface area contributed by atoms with E-state index in [1.807, 2.05) is 18.2 Å². The molecule has 0 fully saturated rings. The summed E-state index contributed by atoms with van der Waals surface area (Å²) in [5, 5.41) is 7.32. The van der Waals surface area contributed by atoms with E-state index in [0.717, 1.165) is 5.56 Å². The van der Waals surface area contributed by atoms with Gasteiger partial charge in [0, 0.05) is 11.6 Å². The summed E-state index contributed by atoms with van der Waals surface area (Å²) in [7, 11) is 0. The minimum atomic E-state index is -0.243. The molecule has 7 heteroatoms. The van der Waals surface area contributed by atoms with Gasteiger partial charge in [-0.2, -0.15) is 0 Å². The number of hydrogen-bond donors (Lipinski definition) is 2.